The molecule has 30 heavy (non-hydrogen) atoms. The zero-order chi connectivity index (χ0) is 21.1. The Hall–Kier alpha value is -3.25. The molecule has 4 rings (SSSR count). The van der Waals surface area contributed by atoms with Crippen molar-refractivity contribution in [2.24, 2.45) is 0 Å². The highest BCUT2D eigenvalue weighted by Crippen LogP contribution is 2.24. The molecule has 3 N–H and O–H groups in total. The summed E-state index contributed by atoms with van der Waals surface area (Å²) >= 11 is 0. The summed E-state index contributed by atoms with van der Waals surface area (Å²) in [6, 6.07) is 16.0. The van der Waals surface area contributed by atoms with Crippen molar-refractivity contribution in [2.75, 3.05) is 0 Å². The molecule has 1 atom stereocenters. The van der Waals surface area contributed by atoms with Gasteiger partial charge in [0.15, 0.2) is 0 Å². The maximum Gasteiger partial charge on any atom is 0.251 e. The van der Waals surface area contributed by atoms with E-state index in [9.17, 15) is 9.18 Å². The number of nitrogens with zero attached hydrogens (tertiary/aromatic N) is 1. The smallest absolute Gasteiger partial charge is 0.251 e. The molecule has 0 saturated heterocycles. The molecule has 1 unspecified atom stereocenters. The Balaban J connectivity index is 1.68. The second-order valence-corrected chi connectivity index (χ2v) is 7.84. The Morgan fingerprint density at radius 1 is 1.10 bits per heavy atom. The van der Waals surface area contributed by atoms with E-state index in [1.54, 1.807) is 12.1 Å². The number of fused-ring (bicyclic) bond motifs is 1. The number of hydrogen-bond acceptors (Lipinski definition) is 3. The Bertz CT molecular complexity index is 1210. The minimum absolute atomic E-state index is 0.106. The third-order valence-electron chi connectivity index (χ3n) is 5.22. The van der Waals surface area contributed by atoms with Crippen LogP contribution in [0.2, 0.25) is 0 Å². The van der Waals surface area contributed by atoms with Gasteiger partial charge in [-0.1, -0.05) is 44.2 Å². The standard InChI is InChI=1S/C24H25FN4O/c1-15(2)24-28-22(12-23(30)29-24)21(26-13-16-6-5-7-18(25)10-16)11-17-14-27-20-9-4-3-8-19(17)20/h3-10,12,14-15,21,26-27H,11,13H2,1-2H3,(H,28,29,30). The number of rotatable bonds is 7. The number of nitrogens with one attached hydrogen (secondary N) is 3. The van der Waals surface area contributed by atoms with Crippen molar-refractivity contribution in [1.29, 1.82) is 0 Å². The van der Waals surface area contributed by atoms with Crippen LogP contribution in [0.3, 0.4) is 0 Å². The van der Waals surface area contributed by atoms with Crippen molar-refractivity contribution in [3.8, 4) is 0 Å². The van der Waals surface area contributed by atoms with Crippen molar-refractivity contribution in [1.82, 2.24) is 20.3 Å². The third kappa shape index (κ3) is 4.49. The van der Waals surface area contributed by atoms with Gasteiger partial charge in [-0.25, -0.2) is 9.37 Å². The lowest BCUT2D eigenvalue weighted by Crippen LogP contribution is -2.26. The van der Waals surface area contributed by atoms with Crippen LogP contribution in [0.15, 0.2) is 65.6 Å². The zero-order valence-electron chi connectivity index (χ0n) is 17.1. The van der Waals surface area contributed by atoms with Gasteiger partial charge in [0.25, 0.3) is 5.56 Å². The number of aromatic nitrogens is 3. The van der Waals surface area contributed by atoms with Gasteiger partial charge < -0.3 is 15.3 Å². The molecule has 2 aromatic carbocycles. The predicted octanol–water partition coefficient (Wildman–Crippen LogP) is 4.59. The van der Waals surface area contributed by atoms with Crippen LogP contribution in [-0.2, 0) is 13.0 Å². The van der Waals surface area contributed by atoms with Crippen molar-refractivity contribution < 1.29 is 4.39 Å². The SMILES string of the molecule is CC(C)c1nc(C(Cc2c[nH]c3ccccc23)NCc2cccc(F)c2)cc(=O)[nH]1. The van der Waals surface area contributed by atoms with E-state index < -0.39 is 0 Å². The number of aromatic amines is 2. The lowest BCUT2D eigenvalue weighted by Gasteiger charge is -2.19. The largest absolute Gasteiger partial charge is 0.361 e. The van der Waals surface area contributed by atoms with Gasteiger partial charge in [0.1, 0.15) is 11.6 Å². The number of H-pyrrole nitrogens is 2. The molecular weight excluding hydrogens is 379 g/mol. The fourth-order valence-corrected chi connectivity index (χ4v) is 3.64. The maximum absolute atomic E-state index is 13.6. The van der Waals surface area contributed by atoms with E-state index in [0.29, 0.717) is 24.5 Å². The van der Waals surface area contributed by atoms with Gasteiger partial charge in [-0.2, -0.15) is 0 Å². The molecule has 4 aromatic rings. The topological polar surface area (TPSA) is 73.6 Å². The van der Waals surface area contributed by atoms with E-state index in [0.717, 1.165) is 22.0 Å². The van der Waals surface area contributed by atoms with Crippen LogP contribution in [0.5, 0.6) is 0 Å². The lowest BCUT2D eigenvalue weighted by molar-refractivity contribution is 0.512. The maximum atomic E-state index is 13.6. The van der Waals surface area contributed by atoms with Gasteiger partial charge in [-0.3, -0.25) is 4.79 Å². The van der Waals surface area contributed by atoms with Crippen molar-refractivity contribution in [3.05, 3.63) is 99.6 Å². The minimum atomic E-state index is -0.265. The molecule has 0 saturated carbocycles. The normalized spacial score (nSPS) is 12.5. The molecule has 2 heterocycles. The summed E-state index contributed by atoms with van der Waals surface area (Å²) in [7, 11) is 0. The van der Waals surface area contributed by atoms with Crippen LogP contribution in [0.4, 0.5) is 4.39 Å². The van der Waals surface area contributed by atoms with Crippen molar-refractivity contribution in [2.45, 2.75) is 38.8 Å². The van der Waals surface area contributed by atoms with Crippen LogP contribution < -0.4 is 10.9 Å². The molecule has 0 amide bonds. The lowest BCUT2D eigenvalue weighted by atomic mass is 10.0. The van der Waals surface area contributed by atoms with Crippen LogP contribution in [0, 0.1) is 5.82 Å². The van der Waals surface area contributed by atoms with Gasteiger partial charge in [0.05, 0.1) is 11.7 Å². The van der Waals surface area contributed by atoms with Crippen molar-refractivity contribution in [3.63, 3.8) is 0 Å². The highest BCUT2D eigenvalue weighted by molar-refractivity contribution is 5.83. The molecule has 0 fully saturated rings. The minimum Gasteiger partial charge on any atom is -0.361 e. The first-order valence-electron chi connectivity index (χ1n) is 10.1. The van der Waals surface area contributed by atoms with E-state index in [-0.39, 0.29) is 23.3 Å². The molecule has 154 valence electrons. The first-order chi connectivity index (χ1) is 14.5. The summed E-state index contributed by atoms with van der Waals surface area (Å²) < 4.78 is 13.6. The van der Waals surface area contributed by atoms with E-state index in [1.165, 1.54) is 12.1 Å². The van der Waals surface area contributed by atoms with Gasteiger partial charge in [0.2, 0.25) is 0 Å². The van der Waals surface area contributed by atoms with Crippen molar-refractivity contribution >= 4 is 10.9 Å². The van der Waals surface area contributed by atoms with Gasteiger partial charge in [-0.05, 0) is 35.7 Å². The Morgan fingerprint density at radius 2 is 1.93 bits per heavy atom. The summed E-state index contributed by atoms with van der Waals surface area (Å²) in [6.45, 7) is 4.46. The van der Waals surface area contributed by atoms with Gasteiger partial charge in [0, 0.05) is 35.6 Å². The average molecular weight is 404 g/mol. The number of halogens is 1. The first-order valence-corrected chi connectivity index (χ1v) is 10.1. The average Bonchev–Trinajstić information content (AvgIpc) is 3.13. The molecule has 0 spiro atoms. The number of hydrogen-bond donors (Lipinski definition) is 3. The van der Waals surface area contributed by atoms with Crippen LogP contribution in [0.25, 0.3) is 10.9 Å². The molecular formula is C24H25FN4O. The zero-order valence-corrected chi connectivity index (χ0v) is 17.1. The summed E-state index contributed by atoms with van der Waals surface area (Å²) in [4.78, 5) is 23.1. The quantitative estimate of drug-likeness (QED) is 0.422. The van der Waals surface area contributed by atoms with E-state index >= 15 is 0 Å². The highest BCUT2D eigenvalue weighted by Gasteiger charge is 2.18. The molecule has 0 aliphatic heterocycles. The molecule has 6 heteroatoms. The van der Waals surface area contributed by atoms with Gasteiger partial charge >= 0.3 is 0 Å². The summed E-state index contributed by atoms with van der Waals surface area (Å²) in [5.74, 6) is 0.502. The van der Waals surface area contributed by atoms with E-state index in [1.807, 2.05) is 44.3 Å². The number of para-hydroxylation sites is 1. The Labute approximate surface area is 174 Å². The van der Waals surface area contributed by atoms with Crippen LogP contribution in [0.1, 0.15) is 48.5 Å². The second kappa shape index (κ2) is 8.63. The first kappa shape index (κ1) is 20.0. The van der Waals surface area contributed by atoms with Crippen LogP contribution in [-0.4, -0.2) is 15.0 Å². The van der Waals surface area contributed by atoms with E-state index in [4.69, 9.17) is 4.98 Å². The highest BCUT2D eigenvalue weighted by atomic mass is 19.1. The molecule has 2 aromatic heterocycles. The fourth-order valence-electron chi connectivity index (χ4n) is 3.64. The predicted molar refractivity (Wildman–Crippen MR) is 117 cm³/mol. The third-order valence-corrected chi connectivity index (χ3v) is 5.22. The summed E-state index contributed by atoms with van der Waals surface area (Å²) in [6.07, 6.45) is 2.64. The molecule has 0 aliphatic carbocycles. The van der Waals surface area contributed by atoms with E-state index in [2.05, 4.69) is 21.4 Å². The fraction of sp³-hybridized carbons (Fsp3) is 0.250. The molecule has 0 radical (unpaired) electrons. The summed E-state index contributed by atoms with van der Waals surface area (Å²) in [5, 5.41) is 4.62. The van der Waals surface area contributed by atoms with Crippen LogP contribution >= 0.6 is 0 Å². The number of benzene rings is 2. The Morgan fingerprint density at radius 3 is 2.73 bits per heavy atom. The molecule has 0 aliphatic rings. The monoisotopic (exact) mass is 404 g/mol. The summed E-state index contributed by atoms with van der Waals surface area (Å²) in [5.41, 5.74) is 3.56. The van der Waals surface area contributed by atoms with Gasteiger partial charge in [-0.15, -0.1) is 0 Å². The Kier molecular flexibility index (Phi) is 5.77. The second-order valence-electron chi connectivity index (χ2n) is 7.84. The molecule has 5 nitrogen and oxygen atoms in total. The molecule has 0 bridgehead atoms.